The van der Waals surface area contributed by atoms with Crippen LogP contribution in [-0.4, -0.2) is 77.3 Å². The number of nitrogen functional groups attached to an aromatic ring is 1. The molecule has 5 N–H and O–H groups in total. The molecule has 1 aliphatic rings. The summed E-state index contributed by atoms with van der Waals surface area (Å²) in [6.07, 6.45) is 0.425. The number of β-amino-alcohol motifs (C(OH)–C–C–N with tert-alkyl or cyclic N) is 1. The number of anilines is 2. The summed E-state index contributed by atoms with van der Waals surface area (Å²) >= 11 is 0. The quantitative estimate of drug-likeness (QED) is 0.171. The Balaban J connectivity index is 1.22. The summed E-state index contributed by atoms with van der Waals surface area (Å²) in [6, 6.07) is 20.2. The van der Waals surface area contributed by atoms with Crippen molar-refractivity contribution in [1.82, 2.24) is 34.4 Å². The number of benzene rings is 3. The fourth-order valence-corrected chi connectivity index (χ4v) is 5.98. The van der Waals surface area contributed by atoms with Crippen LogP contribution in [0.25, 0.3) is 39.3 Å². The summed E-state index contributed by atoms with van der Waals surface area (Å²) in [7, 11) is 0. The van der Waals surface area contributed by atoms with E-state index in [4.69, 9.17) is 14.9 Å². The summed E-state index contributed by atoms with van der Waals surface area (Å²) in [6.45, 7) is 3.74. The molecule has 1 saturated heterocycles. The van der Waals surface area contributed by atoms with Gasteiger partial charge in [0.15, 0.2) is 11.2 Å². The number of aromatic amines is 1. The number of nitrogens with zero attached hydrogens (tertiary/aromatic N) is 6. The SMILES string of the molecule is CCOC(=O)c1nn(-c2cccc(-c3nnc(N)o3)c2)c2c(=O)n(C(=O)Nc3ccc(-c4ccccc4CN4CCC(O)C4)cc3)c(=O)[nH]c12. The number of amides is 1. The maximum absolute atomic E-state index is 14.0. The van der Waals surface area contributed by atoms with Gasteiger partial charge < -0.3 is 30.3 Å². The molecule has 3 aromatic heterocycles. The number of nitrogens with one attached hydrogen (secondary N) is 2. The monoisotopic (exact) mass is 677 g/mol. The molecule has 7 rings (SSSR count). The van der Waals surface area contributed by atoms with Crippen molar-refractivity contribution in [3.8, 4) is 28.3 Å². The van der Waals surface area contributed by atoms with Crippen LogP contribution >= 0.6 is 0 Å². The van der Waals surface area contributed by atoms with Gasteiger partial charge in [0.1, 0.15) is 5.52 Å². The Kier molecular flexibility index (Phi) is 8.53. The molecule has 3 aromatic carbocycles. The third kappa shape index (κ3) is 6.15. The van der Waals surface area contributed by atoms with Gasteiger partial charge in [-0.2, -0.15) is 9.67 Å². The van der Waals surface area contributed by atoms with E-state index in [1.54, 1.807) is 43.3 Å². The number of esters is 1. The fourth-order valence-electron chi connectivity index (χ4n) is 5.98. The van der Waals surface area contributed by atoms with Gasteiger partial charge in [-0.05, 0) is 60.4 Å². The Hall–Kier alpha value is -6.39. The van der Waals surface area contributed by atoms with Crippen molar-refractivity contribution in [1.29, 1.82) is 0 Å². The van der Waals surface area contributed by atoms with Gasteiger partial charge in [-0.25, -0.2) is 19.1 Å². The minimum Gasteiger partial charge on any atom is -0.461 e. The molecular weight excluding hydrogens is 646 g/mol. The van der Waals surface area contributed by atoms with E-state index in [1.165, 1.54) is 0 Å². The highest BCUT2D eigenvalue weighted by atomic mass is 16.5. The first-order valence-electron chi connectivity index (χ1n) is 15.7. The highest BCUT2D eigenvalue weighted by molar-refractivity contribution is 6.01. The molecule has 0 bridgehead atoms. The molecule has 1 atom stereocenters. The molecular formula is C34H31N9O7. The lowest BCUT2D eigenvalue weighted by molar-refractivity contribution is 0.0521. The highest BCUT2D eigenvalue weighted by Gasteiger charge is 2.27. The zero-order valence-electron chi connectivity index (χ0n) is 26.7. The standard InChI is InChI=1S/C34H31N9O7/c1-2-49-31(46)27-26-28(43(40-27)23-8-5-7-20(16-23)29-38-39-32(35)50-29)30(45)42(34(48)37-26)33(47)36-22-12-10-19(11-13-22)25-9-4-3-6-21(25)17-41-15-14-24(44)18-41/h3-13,16,24,44H,2,14-15,17-18H2,1H3,(H2,35,39)(H,36,47)(H,37,48). The molecule has 50 heavy (non-hydrogen) atoms. The van der Waals surface area contributed by atoms with Crippen LogP contribution in [0, 0.1) is 0 Å². The largest absolute Gasteiger partial charge is 0.461 e. The number of fused-ring (bicyclic) bond motifs is 1. The van der Waals surface area contributed by atoms with E-state index >= 15 is 0 Å². The lowest BCUT2D eigenvalue weighted by atomic mass is 9.99. The lowest BCUT2D eigenvalue weighted by Crippen LogP contribution is -2.42. The number of hydrogen-bond donors (Lipinski definition) is 4. The Morgan fingerprint density at radius 2 is 1.86 bits per heavy atom. The van der Waals surface area contributed by atoms with Gasteiger partial charge in [-0.1, -0.05) is 47.6 Å². The Bertz CT molecular complexity index is 2360. The number of aliphatic hydroxyl groups is 1. The second kappa shape index (κ2) is 13.3. The summed E-state index contributed by atoms with van der Waals surface area (Å²) in [5, 5.41) is 24.4. The number of carbonyl (C=O) groups excluding carboxylic acids is 2. The summed E-state index contributed by atoms with van der Waals surface area (Å²) in [5.41, 5.74) is 6.69. The van der Waals surface area contributed by atoms with Gasteiger partial charge in [0.05, 0.1) is 18.4 Å². The molecule has 16 heteroatoms. The zero-order valence-corrected chi connectivity index (χ0v) is 26.7. The van der Waals surface area contributed by atoms with Crippen LogP contribution in [0.4, 0.5) is 16.5 Å². The van der Waals surface area contributed by atoms with Crippen LogP contribution in [-0.2, 0) is 11.3 Å². The van der Waals surface area contributed by atoms with E-state index in [0.717, 1.165) is 34.3 Å². The molecule has 4 heterocycles. The van der Waals surface area contributed by atoms with Gasteiger partial charge in [-0.3, -0.25) is 9.69 Å². The van der Waals surface area contributed by atoms with Gasteiger partial charge >= 0.3 is 23.7 Å². The molecule has 16 nitrogen and oxygen atoms in total. The number of aromatic nitrogens is 6. The summed E-state index contributed by atoms with van der Waals surface area (Å²) in [5.74, 6) is -0.786. The van der Waals surface area contributed by atoms with Crippen molar-refractivity contribution in [2.24, 2.45) is 0 Å². The first kappa shape index (κ1) is 32.2. The summed E-state index contributed by atoms with van der Waals surface area (Å²) in [4.78, 5) is 58.2. The third-order valence-electron chi connectivity index (χ3n) is 8.28. The van der Waals surface area contributed by atoms with Crippen molar-refractivity contribution in [3.05, 3.63) is 105 Å². The fraction of sp³-hybridized carbons (Fsp3) is 0.206. The van der Waals surface area contributed by atoms with Crippen molar-refractivity contribution >= 4 is 34.7 Å². The highest BCUT2D eigenvalue weighted by Crippen LogP contribution is 2.28. The number of aliphatic hydroxyl groups excluding tert-OH is 1. The average molecular weight is 678 g/mol. The Morgan fingerprint density at radius 1 is 1.06 bits per heavy atom. The topological polar surface area (TPSA) is 216 Å². The molecule has 1 fully saturated rings. The molecule has 254 valence electrons. The van der Waals surface area contributed by atoms with Gasteiger partial charge in [0.25, 0.3) is 5.56 Å². The number of H-pyrrole nitrogens is 1. The van der Waals surface area contributed by atoms with Crippen molar-refractivity contribution < 1.29 is 23.8 Å². The summed E-state index contributed by atoms with van der Waals surface area (Å²) < 4.78 is 12.0. The van der Waals surface area contributed by atoms with Crippen molar-refractivity contribution in [2.75, 3.05) is 30.7 Å². The molecule has 1 amide bonds. The molecule has 1 aliphatic heterocycles. The molecule has 1 unspecified atom stereocenters. The maximum Gasteiger partial charge on any atom is 0.361 e. The Labute approximate surface area is 282 Å². The van der Waals surface area contributed by atoms with Crippen molar-refractivity contribution in [2.45, 2.75) is 26.0 Å². The van der Waals surface area contributed by atoms with E-state index in [2.05, 4.69) is 30.5 Å². The Morgan fingerprint density at radius 3 is 2.58 bits per heavy atom. The van der Waals surface area contributed by atoms with E-state index in [0.29, 0.717) is 28.9 Å². The number of hydrogen-bond acceptors (Lipinski definition) is 12. The predicted molar refractivity (Wildman–Crippen MR) is 182 cm³/mol. The normalized spacial score (nSPS) is 14.6. The van der Waals surface area contributed by atoms with Crippen LogP contribution < -0.4 is 22.3 Å². The number of carbonyl (C=O) groups is 2. The third-order valence-corrected chi connectivity index (χ3v) is 8.28. The first-order valence-corrected chi connectivity index (χ1v) is 15.7. The number of rotatable bonds is 8. The van der Waals surface area contributed by atoms with E-state index in [1.807, 2.05) is 36.4 Å². The number of likely N-dealkylation sites (tertiary alicyclic amines) is 1. The molecule has 0 radical (unpaired) electrons. The molecule has 6 aromatic rings. The van der Waals surface area contributed by atoms with Gasteiger partial charge in [0.2, 0.25) is 5.89 Å². The van der Waals surface area contributed by atoms with E-state index in [9.17, 15) is 24.3 Å². The first-order chi connectivity index (χ1) is 24.2. The van der Waals surface area contributed by atoms with Crippen LogP contribution in [0.2, 0.25) is 0 Å². The zero-order chi connectivity index (χ0) is 34.9. The average Bonchev–Trinajstić information content (AvgIpc) is 3.84. The molecule has 0 spiro atoms. The smallest absolute Gasteiger partial charge is 0.361 e. The predicted octanol–water partition coefficient (Wildman–Crippen LogP) is 3.00. The van der Waals surface area contributed by atoms with Crippen LogP contribution in [0.5, 0.6) is 0 Å². The maximum atomic E-state index is 14.0. The van der Waals surface area contributed by atoms with E-state index in [-0.39, 0.29) is 47.0 Å². The van der Waals surface area contributed by atoms with Gasteiger partial charge in [0, 0.05) is 30.9 Å². The van der Waals surface area contributed by atoms with Crippen LogP contribution in [0.1, 0.15) is 29.4 Å². The second-order valence-corrected chi connectivity index (χ2v) is 11.6. The minimum atomic E-state index is -1.09. The minimum absolute atomic E-state index is 0.0118. The van der Waals surface area contributed by atoms with E-state index < -0.39 is 23.2 Å². The van der Waals surface area contributed by atoms with Crippen LogP contribution in [0.3, 0.4) is 0 Å². The second-order valence-electron chi connectivity index (χ2n) is 11.6. The molecule has 0 aliphatic carbocycles. The molecule has 0 saturated carbocycles. The van der Waals surface area contributed by atoms with Crippen LogP contribution in [0.15, 0.2) is 86.8 Å². The van der Waals surface area contributed by atoms with Crippen molar-refractivity contribution in [3.63, 3.8) is 0 Å². The lowest BCUT2D eigenvalue weighted by Gasteiger charge is -2.18. The number of nitrogens with two attached hydrogens (primary N) is 1. The van der Waals surface area contributed by atoms with Gasteiger partial charge in [-0.15, -0.1) is 5.10 Å². The number of ether oxygens (including phenoxy) is 1.